The summed E-state index contributed by atoms with van der Waals surface area (Å²) in [6.07, 6.45) is 1.10. The molecule has 4 nitrogen and oxygen atoms in total. The quantitative estimate of drug-likeness (QED) is 0.525. The smallest absolute Gasteiger partial charge is 1.00 e. The molecule has 0 unspecified atom stereocenters. The van der Waals surface area contributed by atoms with Crippen molar-refractivity contribution in [3.63, 3.8) is 0 Å². The minimum absolute atomic E-state index is 0. The van der Waals surface area contributed by atoms with Crippen molar-refractivity contribution in [1.82, 2.24) is 15.0 Å². The van der Waals surface area contributed by atoms with E-state index in [9.17, 15) is 4.79 Å². The van der Waals surface area contributed by atoms with E-state index in [0.717, 1.165) is 6.33 Å². The number of hydrogen-bond acceptors (Lipinski definition) is 3. The van der Waals surface area contributed by atoms with Crippen LogP contribution in [0.2, 0.25) is 5.28 Å². The second-order valence-corrected chi connectivity index (χ2v) is 1.45. The van der Waals surface area contributed by atoms with E-state index in [1.165, 1.54) is 0 Å². The van der Waals surface area contributed by atoms with E-state index < -0.39 is 5.69 Å². The van der Waals surface area contributed by atoms with Gasteiger partial charge in [0, 0.05) is 0 Å². The fourth-order valence-electron chi connectivity index (χ4n) is 0.285. The van der Waals surface area contributed by atoms with Crippen LogP contribution in [-0.2, 0) is 0 Å². The summed E-state index contributed by atoms with van der Waals surface area (Å²) >= 11 is 5.24. The van der Waals surface area contributed by atoms with E-state index in [2.05, 4.69) is 15.0 Å². The number of hydrogen-bond donors (Lipinski definition) is 1. The number of aromatic amines is 1. The van der Waals surface area contributed by atoms with Gasteiger partial charge in [0.15, 0.2) is 0 Å². The third-order valence-electron chi connectivity index (χ3n) is 0.556. The molecule has 0 bridgehead atoms. The predicted octanol–water partition coefficient (Wildman–Crippen LogP) is -0.337. The minimum atomic E-state index is -0.481. The Hall–Kier alpha value is -0.134. The van der Waals surface area contributed by atoms with Crippen molar-refractivity contribution in [3.8, 4) is 0 Å². The molecule has 0 saturated carbocycles. The Labute approximate surface area is 74.8 Å². The van der Waals surface area contributed by atoms with Gasteiger partial charge in [0.05, 0.1) is 0 Å². The molecule has 1 N–H and O–H groups in total. The number of nitrogens with zero attached hydrogens (tertiary/aromatic N) is 2. The molecule has 1 rings (SSSR count). The van der Waals surface area contributed by atoms with Gasteiger partial charge >= 0.3 is 28.7 Å². The van der Waals surface area contributed by atoms with Crippen molar-refractivity contribution < 1.29 is 2.85 Å². The number of aromatic nitrogens is 3. The zero-order chi connectivity index (χ0) is 5.98. The molecule has 46 valence electrons. The van der Waals surface area contributed by atoms with Gasteiger partial charge < -0.3 is 2.85 Å². The van der Waals surface area contributed by atoms with Crippen LogP contribution in [0.15, 0.2) is 11.1 Å². The summed E-state index contributed by atoms with van der Waals surface area (Å²) in [7, 11) is 0. The zero-order valence-electron chi connectivity index (χ0n) is 6.47. The molecule has 0 aliphatic heterocycles. The molecule has 6 heteroatoms. The maximum Gasteiger partial charge on any atom is 2.00 e. The van der Waals surface area contributed by atoms with Crippen molar-refractivity contribution >= 4 is 34.7 Å². The van der Waals surface area contributed by atoms with Gasteiger partial charge in [-0.25, -0.2) is 9.78 Å². The van der Waals surface area contributed by atoms with Crippen LogP contribution in [0.25, 0.3) is 0 Å². The minimum Gasteiger partial charge on any atom is -1.00 e. The van der Waals surface area contributed by atoms with Gasteiger partial charge in [-0.2, -0.15) is 4.98 Å². The summed E-state index contributed by atoms with van der Waals surface area (Å²) in [6, 6.07) is 0. The molecule has 0 aromatic carbocycles. The molecule has 0 spiro atoms. The van der Waals surface area contributed by atoms with Gasteiger partial charge in [0.1, 0.15) is 6.33 Å². The van der Waals surface area contributed by atoms with Crippen LogP contribution in [0, 0.1) is 0 Å². The van der Waals surface area contributed by atoms with Gasteiger partial charge in [-0.3, -0.25) is 4.98 Å². The third-order valence-corrected chi connectivity index (χ3v) is 0.748. The monoisotopic (exact) mass is 157 g/mol. The standard InChI is InChI=1S/C3H2ClN3O.Mg.2H/c4-2-5-1-6-3(8)7-2;;;/h1H,(H,5,6,7,8);;;/q;+2;2*-1. The van der Waals surface area contributed by atoms with Crippen molar-refractivity contribution in [2.75, 3.05) is 0 Å². The summed E-state index contributed by atoms with van der Waals surface area (Å²) < 4.78 is 0. The van der Waals surface area contributed by atoms with Crippen molar-refractivity contribution in [2.45, 2.75) is 0 Å². The molecule has 0 aliphatic carbocycles. The Kier molecular flexibility index (Phi) is 3.75. The molecule has 0 atom stereocenters. The van der Waals surface area contributed by atoms with Gasteiger partial charge in [-0.1, -0.05) is 0 Å². The molecule has 0 radical (unpaired) electrons. The summed E-state index contributed by atoms with van der Waals surface area (Å²) in [5.41, 5.74) is -0.481. The maximum absolute atomic E-state index is 10.2. The third kappa shape index (κ3) is 2.78. The van der Waals surface area contributed by atoms with E-state index in [0.29, 0.717) is 0 Å². The average molecular weight is 158 g/mol. The van der Waals surface area contributed by atoms with E-state index in [4.69, 9.17) is 11.6 Å². The average Bonchev–Trinajstić information content (AvgIpc) is 1.64. The Morgan fingerprint density at radius 1 is 1.67 bits per heavy atom. The number of halogens is 1. The predicted molar refractivity (Wildman–Crippen MR) is 35.6 cm³/mol. The first-order valence-electron chi connectivity index (χ1n) is 1.86. The second-order valence-electron chi connectivity index (χ2n) is 1.09. The van der Waals surface area contributed by atoms with Crippen LogP contribution < -0.4 is 5.69 Å². The number of H-pyrrole nitrogens is 1. The first-order chi connectivity index (χ1) is 3.79. The van der Waals surface area contributed by atoms with Crippen molar-refractivity contribution in [1.29, 1.82) is 0 Å². The number of nitrogens with one attached hydrogen (secondary N) is 1. The molecule has 0 aliphatic rings. The molecule has 0 fully saturated rings. The largest absolute Gasteiger partial charge is 2.00 e. The van der Waals surface area contributed by atoms with Crippen LogP contribution in [0.5, 0.6) is 0 Å². The van der Waals surface area contributed by atoms with E-state index in [1.807, 2.05) is 0 Å². The van der Waals surface area contributed by atoms with Crippen LogP contribution in [-0.4, -0.2) is 38.0 Å². The van der Waals surface area contributed by atoms with Gasteiger partial charge in [0.25, 0.3) is 0 Å². The fraction of sp³-hybridized carbons (Fsp3) is 0. The van der Waals surface area contributed by atoms with E-state index in [-0.39, 0.29) is 31.2 Å². The van der Waals surface area contributed by atoms with Crippen LogP contribution >= 0.6 is 11.6 Å². The zero-order valence-corrected chi connectivity index (χ0v) is 6.64. The van der Waals surface area contributed by atoms with Gasteiger partial charge in [-0.05, 0) is 11.6 Å². The normalized spacial score (nSPS) is 8.11. The fourth-order valence-corrected chi connectivity index (χ4v) is 0.409. The Bertz CT molecular complexity index is 244. The first kappa shape index (κ1) is 8.87. The Morgan fingerprint density at radius 3 is 2.67 bits per heavy atom. The summed E-state index contributed by atoms with van der Waals surface area (Å²) in [4.78, 5) is 19.0. The van der Waals surface area contributed by atoms with Crippen LogP contribution in [0.3, 0.4) is 0 Å². The molecule has 0 saturated heterocycles. The van der Waals surface area contributed by atoms with Crippen LogP contribution in [0.1, 0.15) is 2.85 Å². The van der Waals surface area contributed by atoms with Gasteiger partial charge in [0.2, 0.25) is 5.28 Å². The SMILES string of the molecule is O=c1ncnc(Cl)[nH]1.[H-].[H-].[Mg+2]. The molecule has 1 heterocycles. The molecular formula is C3H4ClMgN3O. The van der Waals surface area contributed by atoms with E-state index >= 15 is 0 Å². The van der Waals surface area contributed by atoms with Crippen molar-refractivity contribution in [2.24, 2.45) is 0 Å². The molecule has 1 aromatic rings. The number of rotatable bonds is 0. The maximum atomic E-state index is 10.2. The first-order valence-corrected chi connectivity index (χ1v) is 2.23. The second kappa shape index (κ2) is 3.81. The summed E-state index contributed by atoms with van der Waals surface area (Å²) in [5, 5.41) is 0.0602. The topological polar surface area (TPSA) is 58.6 Å². The van der Waals surface area contributed by atoms with Gasteiger partial charge in [-0.15, -0.1) is 0 Å². The Balaban J connectivity index is -0.000000213. The Morgan fingerprint density at radius 2 is 2.33 bits per heavy atom. The van der Waals surface area contributed by atoms with Crippen LogP contribution in [0.4, 0.5) is 0 Å². The van der Waals surface area contributed by atoms with E-state index in [1.54, 1.807) is 0 Å². The summed E-state index contributed by atoms with van der Waals surface area (Å²) in [5.74, 6) is 0. The summed E-state index contributed by atoms with van der Waals surface area (Å²) in [6.45, 7) is 0. The molecule has 1 aromatic heterocycles. The molecular weight excluding hydrogens is 154 g/mol. The molecule has 0 amide bonds. The molecule has 9 heavy (non-hydrogen) atoms. The van der Waals surface area contributed by atoms with Crippen molar-refractivity contribution in [3.05, 3.63) is 22.1 Å².